The molecule has 1 heterocycles. The van der Waals surface area contributed by atoms with Crippen LogP contribution < -0.4 is 10.6 Å². The fourth-order valence-corrected chi connectivity index (χ4v) is 1.47. The van der Waals surface area contributed by atoms with E-state index in [1.165, 1.54) is 0 Å². The molecule has 3 nitrogen and oxygen atoms in total. The molecule has 0 aromatic carbocycles. The Morgan fingerprint density at radius 1 is 1.77 bits per heavy atom. The summed E-state index contributed by atoms with van der Waals surface area (Å²) in [7, 11) is 0. The van der Waals surface area contributed by atoms with E-state index >= 15 is 0 Å². The van der Waals surface area contributed by atoms with Gasteiger partial charge in [-0.2, -0.15) is 0 Å². The molecule has 72 valence electrons. The van der Waals surface area contributed by atoms with E-state index in [9.17, 15) is 4.79 Å². The lowest BCUT2D eigenvalue weighted by atomic mass is 9.89. The van der Waals surface area contributed by atoms with Crippen LogP contribution in [-0.4, -0.2) is 25.5 Å². The predicted molar refractivity (Wildman–Crippen MR) is 52.1 cm³/mol. The topological polar surface area (TPSA) is 41.1 Å². The highest BCUT2D eigenvalue weighted by Crippen LogP contribution is 2.24. The van der Waals surface area contributed by atoms with E-state index < -0.39 is 0 Å². The fraction of sp³-hybridized carbons (Fsp3) is 0.700. The van der Waals surface area contributed by atoms with Crippen LogP contribution in [0.5, 0.6) is 0 Å². The van der Waals surface area contributed by atoms with Crippen molar-refractivity contribution in [2.45, 2.75) is 19.8 Å². The van der Waals surface area contributed by atoms with Gasteiger partial charge in [0.2, 0.25) is 5.91 Å². The molecule has 0 bridgehead atoms. The summed E-state index contributed by atoms with van der Waals surface area (Å²) in [4.78, 5) is 11.6. The van der Waals surface area contributed by atoms with Gasteiger partial charge < -0.3 is 10.6 Å². The van der Waals surface area contributed by atoms with E-state index in [0.717, 1.165) is 19.5 Å². The number of rotatable bonds is 3. The Labute approximate surface area is 79.3 Å². The Morgan fingerprint density at radius 2 is 2.54 bits per heavy atom. The lowest BCUT2D eigenvalue weighted by Crippen LogP contribution is -2.40. The van der Waals surface area contributed by atoms with Crippen molar-refractivity contribution in [3.63, 3.8) is 0 Å². The van der Waals surface area contributed by atoms with Crippen molar-refractivity contribution in [1.82, 2.24) is 10.6 Å². The number of hydrogen-bond acceptors (Lipinski definition) is 2. The van der Waals surface area contributed by atoms with Gasteiger partial charge in [0.05, 0.1) is 5.41 Å². The summed E-state index contributed by atoms with van der Waals surface area (Å²) in [6.45, 7) is 4.27. The predicted octanol–water partition coefficient (Wildman–Crippen LogP) is 0.126. The van der Waals surface area contributed by atoms with Crippen molar-refractivity contribution in [2.75, 3.05) is 19.6 Å². The fourth-order valence-electron chi connectivity index (χ4n) is 1.47. The molecular formula is C10H16N2O. The van der Waals surface area contributed by atoms with Crippen molar-refractivity contribution in [2.24, 2.45) is 5.41 Å². The summed E-state index contributed by atoms with van der Waals surface area (Å²) < 4.78 is 0. The van der Waals surface area contributed by atoms with Crippen molar-refractivity contribution in [3.8, 4) is 12.3 Å². The normalized spacial score (nSPS) is 26.8. The first kappa shape index (κ1) is 10.1. The van der Waals surface area contributed by atoms with Crippen molar-refractivity contribution >= 4 is 5.91 Å². The summed E-state index contributed by atoms with van der Waals surface area (Å²) in [5.74, 6) is 2.61. The van der Waals surface area contributed by atoms with Crippen LogP contribution in [0.3, 0.4) is 0 Å². The van der Waals surface area contributed by atoms with Gasteiger partial charge in [0, 0.05) is 19.5 Å². The second-order valence-electron chi connectivity index (χ2n) is 3.70. The van der Waals surface area contributed by atoms with Gasteiger partial charge in [-0.3, -0.25) is 4.79 Å². The average molecular weight is 180 g/mol. The minimum Gasteiger partial charge on any atom is -0.355 e. The highest BCUT2D eigenvalue weighted by atomic mass is 16.2. The summed E-state index contributed by atoms with van der Waals surface area (Å²) in [5.41, 5.74) is -0.228. The molecule has 0 aliphatic carbocycles. The van der Waals surface area contributed by atoms with E-state index in [0.29, 0.717) is 13.0 Å². The number of nitrogens with one attached hydrogen (secondary N) is 2. The second-order valence-corrected chi connectivity index (χ2v) is 3.70. The zero-order valence-electron chi connectivity index (χ0n) is 8.02. The molecule has 1 aliphatic rings. The molecular weight excluding hydrogens is 164 g/mol. The SMILES string of the molecule is C#CCCNC(=O)C1(C)CCNC1. The monoisotopic (exact) mass is 180 g/mol. The molecule has 1 aliphatic heterocycles. The lowest BCUT2D eigenvalue weighted by Gasteiger charge is -2.20. The van der Waals surface area contributed by atoms with E-state index in [-0.39, 0.29) is 11.3 Å². The van der Waals surface area contributed by atoms with Crippen LogP contribution in [0.25, 0.3) is 0 Å². The van der Waals surface area contributed by atoms with Crippen molar-refractivity contribution < 1.29 is 4.79 Å². The molecule has 0 spiro atoms. The molecule has 1 amide bonds. The van der Waals surface area contributed by atoms with E-state index in [4.69, 9.17) is 6.42 Å². The van der Waals surface area contributed by atoms with Crippen LogP contribution in [0.4, 0.5) is 0 Å². The van der Waals surface area contributed by atoms with E-state index in [2.05, 4.69) is 16.6 Å². The Morgan fingerprint density at radius 3 is 3.08 bits per heavy atom. The number of amides is 1. The molecule has 0 saturated carbocycles. The zero-order chi connectivity index (χ0) is 9.73. The highest BCUT2D eigenvalue weighted by molar-refractivity contribution is 5.82. The minimum absolute atomic E-state index is 0.118. The first-order chi connectivity index (χ1) is 6.19. The molecule has 0 aromatic heterocycles. The summed E-state index contributed by atoms with van der Waals surface area (Å²) in [6, 6.07) is 0. The van der Waals surface area contributed by atoms with Gasteiger partial charge in [-0.15, -0.1) is 12.3 Å². The second kappa shape index (κ2) is 4.29. The number of carbonyl (C=O) groups excluding carboxylic acids is 1. The van der Waals surface area contributed by atoms with Gasteiger partial charge in [-0.1, -0.05) is 0 Å². The highest BCUT2D eigenvalue weighted by Gasteiger charge is 2.35. The first-order valence-electron chi connectivity index (χ1n) is 4.61. The average Bonchev–Trinajstić information content (AvgIpc) is 2.54. The largest absolute Gasteiger partial charge is 0.355 e. The molecule has 1 unspecified atom stereocenters. The quantitative estimate of drug-likeness (QED) is 0.478. The Bertz CT molecular complexity index is 224. The molecule has 1 fully saturated rings. The maximum absolute atomic E-state index is 11.6. The third-order valence-electron chi connectivity index (χ3n) is 2.47. The van der Waals surface area contributed by atoms with Crippen LogP contribution in [-0.2, 0) is 4.79 Å². The Balaban J connectivity index is 2.34. The summed E-state index contributed by atoms with van der Waals surface area (Å²) in [6.07, 6.45) is 6.61. The Hall–Kier alpha value is -1.01. The number of hydrogen-bond donors (Lipinski definition) is 2. The molecule has 3 heteroatoms. The lowest BCUT2D eigenvalue weighted by molar-refractivity contribution is -0.129. The van der Waals surface area contributed by atoms with Gasteiger partial charge >= 0.3 is 0 Å². The molecule has 0 aromatic rings. The van der Waals surface area contributed by atoms with E-state index in [1.54, 1.807) is 0 Å². The molecule has 2 N–H and O–H groups in total. The van der Waals surface area contributed by atoms with Crippen molar-refractivity contribution in [3.05, 3.63) is 0 Å². The van der Waals surface area contributed by atoms with Crippen LogP contribution in [0.1, 0.15) is 19.8 Å². The molecule has 1 atom stereocenters. The third-order valence-corrected chi connectivity index (χ3v) is 2.47. The van der Waals surface area contributed by atoms with Gasteiger partial charge in [-0.25, -0.2) is 0 Å². The first-order valence-corrected chi connectivity index (χ1v) is 4.61. The smallest absolute Gasteiger partial charge is 0.227 e. The van der Waals surface area contributed by atoms with Crippen molar-refractivity contribution in [1.29, 1.82) is 0 Å². The van der Waals surface area contributed by atoms with Crippen LogP contribution in [0, 0.1) is 17.8 Å². The van der Waals surface area contributed by atoms with Crippen LogP contribution in [0.15, 0.2) is 0 Å². The standard InChI is InChI=1S/C10H16N2O/c1-3-4-6-12-9(13)10(2)5-7-11-8-10/h1,11H,4-8H2,2H3,(H,12,13). The zero-order valence-corrected chi connectivity index (χ0v) is 8.02. The summed E-state index contributed by atoms with van der Waals surface area (Å²) >= 11 is 0. The molecule has 0 radical (unpaired) electrons. The molecule has 1 saturated heterocycles. The maximum Gasteiger partial charge on any atom is 0.227 e. The van der Waals surface area contributed by atoms with Crippen LogP contribution in [0.2, 0.25) is 0 Å². The minimum atomic E-state index is -0.228. The molecule has 1 rings (SSSR count). The van der Waals surface area contributed by atoms with Gasteiger partial charge in [0.15, 0.2) is 0 Å². The van der Waals surface area contributed by atoms with Gasteiger partial charge in [-0.05, 0) is 19.9 Å². The third kappa shape index (κ3) is 2.46. The number of carbonyl (C=O) groups is 1. The van der Waals surface area contributed by atoms with Gasteiger partial charge in [0.25, 0.3) is 0 Å². The van der Waals surface area contributed by atoms with Gasteiger partial charge in [0.1, 0.15) is 0 Å². The number of terminal acetylenes is 1. The van der Waals surface area contributed by atoms with Crippen LogP contribution >= 0.6 is 0 Å². The summed E-state index contributed by atoms with van der Waals surface area (Å²) in [5, 5.41) is 6.03. The molecule has 13 heavy (non-hydrogen) atoms. The maximum atomic E-state index is 11.6. The van der Waals surface area contributed by atoms with E-state index in [1.807, 2.05) is 6.92 Å². The Kier molecular flexibility index (Phi) is 3.32.